The van der Waals surface area contributed by atoms with Gasteiger partial charge in [0.25, 0.3) is 0 Å². The number of hydrogen-bond acceptors (Lipinski definition) is 3. The SMILES string of the molecule is CCC1CN2CCCCC2CN1c1ccc(OC)cc1C. The molecule has 1 aromatic carbocycles. The fraction of sp³-hybridized carbons (Fsp3) is 0.667. The maximum Gasteiger partial charge on any atom is 0.119 e. The number of benzene rings is 1. The van der Waals surface area contributed by atoms with Crippen molar-refractivity contribution < 1.29 is 4.74 Å². The van der Waals surface area contributed by atoms with Crippen LogP contribution in [0.25, 0.3) is 0 Å². The molecule has 0 spiro atoms. The third-order valence-electron chi connectivity index (χ3n) is 5.23. The highest BCUT2D eigenvalue weighted by Gasteiger charge is 2.34. The van der Waals surface area contributed by atoms with E-state index < -0.39 is 0 Å². The summed E-state index contributed by atoms with van der Waals surface area (Å²) in [6, 6.07) is 7.90. The number of piperidine rings is 1. The van der Waals surface area contributed by atoms with Crippen LogP contribution in [-0.2, 0) is 0 Å². The standard InChI is InChI=1S/C18H28N2O/c1-4-15-12-19-10-6-5-7-16(19)13-20(15)18-9-8-17(21-3)11-14(18)2/h8-9,11,15-16H,4-7,10,12-13H2,1-3H3. The summed E-state index contributed by atoms with van der Waals surface area (Å²) in [5.41, 5.74) is 2.73. The van der Waals surface area contributed by atoms with Crippen LogP contribution in [0.5, 0.6) is 5.75 Å². The van der Waals surface area contributed by atoms with Gasteiger partial charge in [0.05, 0.1) is 7.11 Å². The van der Waals surface area contributed by atoms with E-state index in [1.807, 2.05) is 0 Å². The molecule has 0 aliphatic carbocycles. The molecule has 0 amide bonds. The summed E-state index contributed by atoms with van der Waals surface area (Å²) in [6.07, 6.45) is 5.36. The minimum atomic E-state index is 0.645. The average Bonchev–Trinajstić information content (AvgIpc) is 2.53. The van der Waals surface area contributed by atoms with Gasteiger partial charge >= 0.3 is 0 Å². The van der Waals surface area contributed by atoms with Gasteiger partial charge in [-0.05, 0) is 56.5 Å². The summed E-state index contributed by atoms with van der Waals surface area (Å²) in [6.45, 7) is 8.24. The molecule has 3 nitrogen and oxygen atoms in total. The average molecular weight is 288 g/mol. The first-order chi connectivity index (χ1) is 10.2. The molecule has 2 aliphatic rings. The first kappa shape index (κ1) is 14.7. The van der Waals surface area contributed by atoms with Crippen molar-refractivity contribution in [2.45, 2.75) is 51.6 Å². The van der Waals surface area contributed by atoms with Gasteiger partial charge in [0.2, 0.25) is 0 Å². The first-order valence-corrected chi connectivity index (χ1v) is 8.38. The Bertz CT molecular complexity index is 488. The lowest BCUT2D eigenvalue weighted by molar-refractivity contribution is 0.111. The molecule has 0 saturated carbocycles. The second kappa shape index (κ2) is 6.27. The molecule has 21 heavy (non-hydrogen) atoms. The van der Waals surface area contributed by atoms with E-state index in [1.165, 1.54) is 56.6 Å². The number of anilines is 1. The monoisotopic (exact) mass is 288 g/mol. The van der Waals surface area contributed by atoms with Crippen molar-refractivity contribution in [3.8, 4) is 5.75 Å². The summed E-state index contributed by atoms with van der Waals surface area (Å²) >= 11 is 0. The summed E-state index contributed by atoms with van der Waals surface area (Å²) in [5.74, 6) is 0.959. The van der Waals surface area contributed by atoms with Gasteiger partial charge < -0.3 is 9.64 Å². The Morgan fingerprint density at radius 1 is 1.24 bits per heavy atom. The molecular formula is C18H28N2O. The van der Waals surface area contributed by atoms with Crippen LogP contribution in [0.15, 0.2) is 18.2 Å². The van der Waals surface area contributed by atoms with Gasteiger partial charge in [0.1, 0.15) is 5.75 Å². The molecule has 2 saturated heterocycles. The number of hydrogen-bond donors (Lipinski definition) is 0. The lowest BCUT2D eigenvalue weighted by Gasteiger charge is -2.49. The number of nitrogens with zero attached hydrogens (tertiary/aromatic N) is 2. The number of aryl methyl sites for hydroxylation is 1. The molecule has 1 aromatic rings. The Morgan fingerprint density at radius 2 is 2.10 bits per heavy atom. The number of ether oxygens (including phenoxy) is 1. The second-order valence-electron chi connectivity index (χ2n) is 6.51. The third kappa shape index (κ3) is 2.89. The van der Waals surface area contributed by atoms with Crippen molar-refractivity contribution >= 4 is 5.69 Å². The van der Waals surface area contributed by atoms with E-state index in [-0.39, 0.29) is 0 Å². The molecule has 3 rings (SSSR count). The van der Waals surface area contributed by atoms with Crippen LogP contribution in [0.1, 0.15) is 38.2 Å². The minimum absolute atomic E-state index is 0.645. The van der Waals surface area contributed by atoms with Crippen molar-refractivity contribution in [2.75, 3.05) is 31.6 Å². The Balaban J connectivity index is 1.85. The predicted molar refractivity (Wildman–Crippen MR) is 88.4 cm³/mol. The van der Waals surface area contributed by atoms with Crippen molar-refractivity contribution in [1.29, 1.82) is 0 Å². The zero-order valence-corrected chi connectivity index (χ0v) is 13.6. The van der Waals surface area contributed by atoms with Crippen LogP contribution < -0.4 is 9.64 Å². The maximum absolute atomic E-state index is 5.35. The summed E-state index contributed by atoms with van der Waals surface area (Å²) < 4.78 is 5.35. The van der Waals surface area contributed by atoms with Gasteiger partial charge in [-0.2, -0.15) is 0 Å². The molecule has 0 radical (unpaired) electrons. The van der Waals surface area contributed by atoms with E-state index in [4.69, 9.17) is 4.74 Å². The largest absolute Gasteiger partial charge is 0.497 e. The lowest BCUT2D eigenvalue weighted by atomic mass is 9.94. The van der Waals surface area contributed by atoms with Crippen LogP contribution in [0.2, 0.25) is 0 Å². The molecule has 116 valence electrons. The van der Waals surface area contributed by atoms with Gasteiger partial charge in [-0.1, -0.05) is 13.3 Å². The third-order valence-corrected chi connectivity index (χ3v) is 5.23. The second-order valence-corrected chi connectivity index (χ2v) is 6.51. The molecule has 0 N–H and O–H groups in total. The van der Waals surface area contributed by atoms with Gasteiger partial charge in [-0.15, -0.1) is 0 Å². The van der Waals surface area contributed by atoms with E-state index in [0.717, 1.165) is 11.8 Å². The predicted octanol–water partition coefficient (Wildman–Crippen LogP) is 3.46. The molecule has 2 heterocycles. The first-order valence-electron chi connectivity index (χ1n) is 8.38. The van der Waals surface area contributed by atoms with Gasteiger partial charge in [-0.25, -0.2) is 0 Å². The zero-order valence-electron chi connectivity index (χ0n) is 13.6. The van der Waals surface area contributed by atoms with Crippen LogP contribution in [0.3, 0.4) is 0 Å². The maximum atomic E-state index is 5.35. The normalized spacial score (nSPS) is 26.5. The van der Waals surface area contributed by atoms with Gasteiger partial charge in [0, 0.05) is 30.9 Å². The highest BCUT2D eigenvalue weighted by atomic mass is 16.5. The summed E-state index contributed by atoms with van der Waals surface area (Å²) in [7, 11) is 1.74. The van der Waals surface area contributed by atoms with Gasteiger partial charge in [-0.3, -0.25) is 4.90 Å². The number of piperazine rings is 1. The quantitative estimate of drug-likeness (QED) is 0.847. The van der Waals surface area contributed by atoms with E-state index in [1.54, 1.807) is 7.11 Å². The van der Waals surface area contributed by atoms with Crippen LogP contribution >= 0.6 is 0 Å². The zero-order chi connectivity index (χ0) is 14.8. The van der Waals surface area contributed by atoms with E-state index >= 15 is 0 Å². The number of rotatable bonds is 3. The Labute approximate surface area is 128 Å². The van der Waals surface area contributed by atoms with Crippen LogP contribution in [0, 0.1) is 6.92 Å². The van der Waals surface area contributed by atoms with E-state index in [2.05, 4.69) is 41.8 Å². The molecule has 0 bridgehead atoms. The minimum Gasteiger partial charge on any atom is -0.497 e. The van der Waals surface area contributed by atoms with Crippen molar-refractivity contribution in [1.82, 2.24) is 4.90 Å². The molecule has 3 heteroatoms. The molecule has 0 aromatic heterocycles. The highest BCUT2D eigenvalue weighted by Crippen LogP contribution is 2.32. The molecular weight excluding hydrogens is 260 g/mol. The topological polar surface area (TPSA) is 15.7 Å². The molecule has 2 atom stereocenters. The van der Waals surface area contributed by atoms with Gasteiger partial charge in [0.15, 0.2) is 0 Å². The fourth-order valence-electron chi connectivity index (χ4n) is 3.97. The van der Waals surface area contributed by atoms with Crippen LogP contribution in [-0.4, -0.2) is 43.7 Å². The Morgan fingerprint density at radius 3 is 2.81 bits per heavy atom. The number of fused-ring (bicyclic) bond motifs is 1. The fourth-order valence-corrected chi connectivity index (χ4v) is 3.97. The number of methoxy groups -OCH3 is 1. The Hall–Kier alpha value is -1.22. The van der Waals surface area contributed by atoms with Crippen molar-refractivity contribution in [2.24, 2.45) is 0 Å². The lowest BCUT2D eigenvalue weighted by Crippen LogP contribution is -2.59. The van der Waals surface area contributed by atoms with E-state index in [9.17, 15) is 0 Å². The van der Waals surface area contributed by atoms with E-state index in [0.29, 0.717) is 6.04 Å². The highest BCUT2D eigenvalue weighted by molar-refractivity contribution is 5.57. The summed E-state index contributed by atoms with van der Waals surface area (Å²) in [5, 5.41) is 0. The molecule has 2 fully saturated rings. The summed E-state index contributed by atoms with van der Waals surface area (Å²) in [4.78, 5) is 5.38. The van der Waals surface area contributed by atoms with Crippen molar-refractivity contribution in [3.05, 3.63) is 23.8 Å². The molecule has 2 aliphatic heterocycles. The van der Waals surface area contributed by atoms with Crippen LogP contribution in [0.4, 0.5) is 5.69 Å². The molecule has 2 unspecified atom stereocenters. The smallest absolute Gasteiger partial charge is 0.119 e. The van der Waals surface area contributed by atoms with Crippen molar-refractivity contribution in [3.63, 3.8) is 0 Å². The Kier molecular flexibility index (Phi) is 4.39.